The van der Waals surface area contributed by atoms with E-state index in [-0.39, 0.29) is 10.9 Å². The SMILES string of the molecule is N#CC1(C(=O)Nc2ccc(Cl)c(F)c2)CC1. The van der Waals surface area contributed by atoms with Crippen molar-refractivity contribution in [2.45, 2.75) is 12.8 Å². The summed E-state index contributed by atoms with van der Waals surface area (Å²) in [5.74, 6) is -0.974. The molecular formula is C11H8ClFN2O. The molecule has 1 aromatic rings. The van der Waals surface area contributed by atoms with Gasteiger partial charge in [-0.1, -0.05) is 11.6 Å². The molecule has 0 aliphatic heterocycles. The Labute approximate surface area is 96.8 Å². The molecule has 0 unspecified atom stereocenters. The van der Waals surface area contributed by atoms with Gasteiger partial charge in [0.25, 0.3) is 0 Å². The fourth-order valence-electron chi connectivity index (χ4n) is 1.34. The quantitative estimate of drug-likeness (QED) is 0.861. The molecule has 0 saturated heterocycles. The van der Waals surface area contributed by atoms with E-state index in [2.05, 4.69) is 5.32 Å². The third-order valence-electron chi connectivity index (χ3n) is 2.58. The van der Waals surface area contributed by atoms with E-state index in [0.29, 0.717) is 18.5 Å². The van der Waals surface area contributed by atoms with Gasteiger partial charge in [0.05, 0.1) is 11.1 Å². The average molecular weight is 239 g/mol. The highest BCUT2D eigenvalue weighted by atomic mass is 35.5. The van der Waals surface area contributed by atoms with Crippen molar-refractivity contribution in [2.75, 3.05) is 5.32 Å². The number of hydrogen-bond acceptors (Lipinski definition) is 2. The third-order valence-corrected chi connectivity index (χ3v) is 2.88. The normalized spacial score (nSPS) is 16.3. The first-order valence-corrected chi connectivity index (χ1v) is 5.13. The lowest BCUT2D eigenvalue weighted by Gasteiger charge is -2.08. The number of carbonyl (C=O) groups excluding carboxylic acids is 1. The van der Waals surface area contributed by atoms with Crippen LogP contribution in [0.1, 0.15) is 12.8 Å². The lowest BCUT2D eigenvalue weighted by Crippen LogP contribution is -2.22. The number of anilines is 1. The first-order chi connectivity index (χ1) is 7.57. The van der Waals surface area contributed by atoms with Gasteiger partial charge in [-0.2, -0.15) is 5.26 Å². The first-order valence-electron chi connectivity index (χ1n) is 4.75. The highest BCUT2D eigenvalue weighted by Gasteiger charge is 2.50. The van der Waals surface area contributed by atoms with Crippen LogP contribution < -0.4 is 5.32 Å². The lowest BCUT2D eigenvalue weighted by atomic mass is 10.1. The van der Waals surface area contributed by atoms with Crippen LogP contribution in [0.25, 0.3) is 0 Å². The number of amides is 1. The second-order valence-electron chi connectivity index (χ2n) is 3.78. The number of nitrogens with zero attached hydrogens (tertiary/aromatic N) is 1. The van der Waals surface area contributed by atoms with E-state index >= 15 is 0 Å². The summed E-state index contributed by atoms with van der Waals surface area (Å²) in [6, 6.07) is 5.96. The van der Waals surface area contributed by atoms with Gasteiger partial charge in [0.15, 0.2) is 0 Å². The van der Waals surface area contributed by atoms with Crippen molar-refractivity contribution in [1.82, 2.24) is 0 Å². The summed E-state index contributed by atoms with van der Waals surface area (Å²) >= 11 is 5.51. The fraction of sp³-hybridized carbons (Fsp3) is 0.273. The Balaban J connectivity index is 2.13. The highest BCUT2D eigenvalue weighted by molar-refractivity contribution is 6.30. The Hall–Kier alpha value is -1.60. The van der Waals surface area contributed by atoms with Gasteiger partial charge in [-0.3, -0.25) is 4.79 Å². The summed E-state index contributed by atoms with van der Waals surface area (Å²) in [5.41, 5.74) is -0.593. The van der Waals surface area contributed by atoms with Crippen molar-refractivity contribution >= 4 is 23.2 Å². The van der Waals surface area contributed by atoms with E-state index in [0.717, 1.165) is 6.07 Å². The molecule has 0 radical (unpaired) electrons. The summed E-state index contributed by atoms with van der Waals surface area (Å²) in [5, 5.41) is 11.3. The molecule has 5 heteroatoms. The van der Waals surface area contributed by atoms with Crippen LogP contribution >= 0.6 is 11.6 Å². The number of nitrogens with one attached hydrogen (secondary N) is 1. The fourth-order valence-corrected chi connectivity index (χ4v) is 1.46. The van der Waals surface area contributed by atoms with Crippen molar-refractivity contribution in [2.24, 2.45) is 5.41 Å². The molecule has 1 fully saturated rings. The van der Waals surface area contributed by atoms with Gasteiger partial charge >= 0.3 is 0 Å². The van der Waals surface area contributed by atoms with Crippen LogP contribution in [-0.4, -0.2) is 5.91 Å². The maximum absolute atomic E-state index is 13.1. The minimum atomic E-state index is -0.907. The third kappa shape index (κ3) is 1.86. The molecule has 1 aliphatic rings. The van der Waals surface area contributed by atoms with Crippen molar-refractivity contribution in [3.05, 3.63) is 29.0 Å². The molecule has 1 saturated carbocycles. The number of halogens is 2. The second kappa shape index (κ2) is 3.76. The molecule has 1 amide bonds. The standard InChI is InChI=1S/C11H8ClFN2O/c12-8-2-1-7(5-9(8)13)15-10(16)11(6-14)3-4-11/h1-2,5H,3-4H2,(H,15,16). The topological polar surface area (TPSA) is 52.9 Å². The summed E-state index contributed by atoms with van der Waals surface area (Å²) < 4.78 is 13.1. The average Bonchev–Trinajstić information content (AvgIpc) is 3.04. The van der Waals surface area contributed by atoms with E-state index in [9.17, 15) is 9.18 Å². The van der Waals surface area contributed by atoms with Crippen LogP contribution in [-0.2, 0) is 4.79 Å². The largest absolute Gasteiger partial charge is 0.325 e. The van der Waals surface area contributed by atoms with Gasteiger partial charge in [-0.25, -0.2) is 4.39 Å². The van der Waals surface area contributed by atoms with Gasteiger partial charge in [0.1, 0.15) is 11.2 Å². The van der Waals surface area contributed by atoms with Crippen LogP contribution in [0.15, 0.2) is 18.2 Å². The molecule has 82 valence electrons. The summed E-state index contributed by atoms with van der Waals surface area (Å²) in [6.45, 7) is 0. The van der Waals surface area contributed by atoms with Crippen LogP contribution in [0.3, 0.4) is 0 Å². The highest BCUT2D eigenvalue weighted by Crippen LogP contribution is 2.45. The molecule has 0 atom stereocenters. The zero-order chi connectivity index (χ0) is 11.8. The Bertz CT molecular complexity index is 491. The molecule has 16 heavy (non-hydrogen) atoms. The maximum Gasteiger partial charge on any atom is 0.244 e. The molecule has 0 bridgehead atoms. The smallest absolute Gasteiger partial charge is 0.244 e. The maximum atomic E-state index is 13.1. The second-order valence-corrected chi connectivity index (χ2v) is 4.18. The summed E-state index contributed by atoms with van der Waals surface area (Å²) in [7, 11) is 0. The van der Waals surface area contributed by atoms with Crippen LogP contribution in [0.4, 0.5) is 10.1 Å². The zero-order valence-electron chi connectivity index (χ0n) is 8.26. The van der Waals surface area contributed by atoms with Crippen LogP contribution in [0, 0.1) is 22.6 Å². The van der Waals surface area contributed by atoms with Gasteiger partial charge in [0.2, 0.25) is 5.91 Å². The van der Waals surface area contributed by atoms with Gasteiger partial charge in [0, 0.05) is 5.69 Å². The molecule has 1 aromatic carbocycles. The Morgan fingerprint density at radius 3 is 2.75 bits per heavy atom. The van der Waals surface area contributed by atoms with E-state index < -0.39 is 11.2 Å². The number of carbonyl (C=O) groups is 1. The number of rotatable bonds is 2. The molecule has 1 aliphatic carbocycles. The monoisotopic (exact) mass is 238 g/mol. The van der Waals surface area contributed by atoms with E-state index in [1.165, 1.54) is 12.1 Å². The Morgan fingerprint density at radius 1 is 1.56 bits per heavy atom. The van der Waals surface area contributed by atoms with Crippen molar-refractivity contribution in [3.8, 4) is 6.07 Å². The van der Waals surface area contributed by atoms with Crippen LogP contribution in [0.5, 0.6) is 0 Å². The minimum absolute atomic E-state index is 0.000539. The van der Waals surface area contributed by atoms with E-state index in [1.807, 2.05) is 6.07 Å². The van der Waals surface area contributed by atoms with Crippen molar-refractivity contribution in [3.63, 3.8) is 0 Å². The molecule has 1 N–H and O–H groups in total. The zero-order valence-corrected chi connectivity index (χ0v) is 9.01. The number of hydrogen-bond donors (Lipinski definition) is 1. The Kier molecular flexibility index (Phi) is 2.56. The van der Waals surface area contributed by atoms with E-state index in [4.69, 9.17) is 16.9 Å². The summed E-state index contributed by atoms with van der Waals surface area (Å²) in [6.07, 6.45) is 1.12. The molecule has 0 heterocycles. The first kappa shape index (κ1) is 10.9. The van der Waals surface area contributed by atoms with Gasteiger partial charge < -0.3 is 5.32 Å². The molecule has 0 spiro atoms. The molecule has 2 rings (SSSR count). The van der Waals surface area contributed by atoms with E-state index in [1.54, 1.807) is 0 Å². The Morgan fingerprint density at radius 2 is 2.25 bits per heavy atom. The van der Waals surface area contributed by atoms with Crippen LogP contribution in [0.2, 0.25) is 5.02 Å². The number of benzene rings is 1. The minimum Gasteiger partial charge on any atom is -0.325 e. The molecule has 3 nitrogen and oxygen atoms in total. The molecular weight excluding hydrogens is 231 g/mol. The van der Waals surface area contributed by atoms with Gasteiger partial charge in [-0.15, -0.1) is 0 Å². The predicted molar refractivity (Wildman–Crippen MR) is 57.3 cm³/mol. The number of nitriles is 1. The van der Waals surface area contributed by atoms with Crippen molar-refractivity contribution in [1.29, 1.82) is 5.26 Å². The predicted octanol–water partition coefficient (Wildman–Crippen LogP) is 2.72. The van der Waals surface area contributed by atoms with Gasteiger partial charge in [-0.05, 0) is 31.0 Å². The summed E-state index contributed by atoms with van der Waals surface area (Å²) in [4.78, 5) is 11.6. The lowest BCUT2D eigenvalue weighted by molar-refractivity contribution is -0.119. The van der Waals surface area contributed by atoms with Crippen molar-refractivity contribution < 1.29 is 9.18 Å². The molecule has 0 aromatic heterocycles.